The molecule has 0 spiro atoms. The average molecular weight is 248 g/mol. The number of hydrogen-bond donors (Lipinski definition) is 1. The van der Waals surface area contributed by atoms with Gasteiger partial charge in [-0.15, -0.1) is 11.3 Å². The molecule has 1 heterocycles. The highest BCUT2D eigenvalue weighted by atomic mass is 32.1. The third-order valence-corrected chi connectivity index (χ3v) is 4.26. The largest absolute Gasteiger partial charge is 0.320 e. The van der Waals surface area contributed by atoms with Crippen LogP contribution in [0.2, 0.25) is 0 Å². The molecule has 3 heteroatoms. The van der Waals surface area contributed by atoms with Crippen LogP contribution in [0.15, 0.2) is 11.4 Å². The van der Waals surface area contributed by atoms with Gasteiger partial charge in [0.25, 0.3) is 0 Å². The SMILES string of the molecule is CN(Cc1cc(C#CCN)cs1)C1CCCC1. The van der Waals surface area contributed by atoms with Crippen LogP contribution in [0.4, 0.5) is 0 Å². The smallest absolute Gasteiger partial charge is 0.0555 e. The van der Waals surface area contributed by atoms with E-state index in [2.05, 4.69) is 35.2 Å². The highest BCUT2D eigenvalue weighted by molar-refractivity contribution is 7.10. The molecule has 1 aromatic heterocycles. The molecular weight excluding hydrogens is 228 g/mol. The number of thiophene rings is 1. The lowest BCUT2D eigenvalue weighted by atomic mass is 10.2. The van der Waals surface area contributed by atoms with E-state index in [-0.39, 0.29) is 0 Å². The van der Waals surface area contributed by atoms with E-state index in [1.54, 1.807) is 11.3 Å². The predicted octanol–water partition coefficient (Wildman–Crippen LogP) is 2.43. The summed E-state index contributed by atoms with van der Waals surface area (Å²) < 4.78 is 0. The lowest BCUT2D eigenvalue weighted by molar-refractivity contribution is 0.239. The molecule has 92 valence electrons. The summed E-state index contributed by atoms with van der Waals surface area (Å²) in [6.07, 6.45) is 5.52. The Morgan fingerprint density at radius 2 is 2.24 bits per heavy atom. The summed E-state index contributed by atoms with van der Waals surface area (Å²) in [5.41, 5.74) is 6.47. The zero-order chi connectivity index (χ0) is 12.1. The van der Waals surface area contributed by atoms with Crippen molar-refractivity contribution in [3.05, 3.63) is 21.9 Å². The predicted molar refractivity (Wildman–Crippen MR) is 74.0 cm³/mol. The fraction of sp³-hybridized carbons (Fsp3) is 0.571. The van der Waals surface area contributed by atoms with Gasteiger partial charge >= 0.3 is 0 Å². The van der Waals surface area contributed by atoms with Crippen molar-refractivity contribution in [2.75, 3.05) is 13.6 Å². The summed E-state index contributed by atoms with van der Waals surface area (Å²) in [6.45, 7) is 1.49. The first-order valence-electron chi connectivity index (χ1n) is 6.26. The van der Waals surface area contributed by atoms with Crippen LogP contribution in [0.5, 0.6) is 0 Å². The molecule has 0 aliphatic heterocycles. The van der Waals surface area contributed by atoms with Crippen molar-refractivity contribution in [1.29, 1.82) is 0 Å². The second-order valence-corrected chi connectivity index (χ2v) is 5.66. The number of rotatable bonds is 3. The van der Waals surface area contributed by atoms with Gasteiger partial charge in [-0.2, -0.15) is 0 Å². The minimum Gasteiger partial charge on any atom is -0.320 e. The molecule has 17 heavy (non-hydrogen) atoms. The summed E-state index contributed by atoms with van der Waals surface area (Å²) in [5.74, 6) is 5.98. The van der Waals surface area contributed by atoms with Crippen molar-refractivity contribution >= 4 is 11.3 Å². The minimum atomic E-state index is 0.438. The van der Waals surface area contributed by atoms with E-state index in [0.717, 1.165) is 18.2 Å². The lowest BCUT2D eigenvalue weighted by Crippen LogP contribution is -2.28. The van der Waals surface area contributed by atoms with Crippen LogP contribution in [-0.2, 0) is 6.54 Å². The number of nitrogens with two attached hydrogens (primary N) is 1. The molecule has 1 aromatic rings. The Morgan fingerprint density at radius 1 is 1.47 bits per heavy atom. The highest BCUT2D eigenvalue weighted by Gasteiger charge is 2.19. The summed E-state index contributed by atoms with van der Waals surface area (Å²) in [6, 6.07) is 2.98. The molecule has 2 nitrogen and oxygen atoms in total. The Morgan fingerprint density at radius 3 is 2.94 bits per heavy atom. The molecule has 2 rings (SSSR count). The van der Waals surface area contributed by atoms with Gasteiger partial charge in [-0.1, -0.05) is 24.7 Å². The first kappa shape index (κ1) is 12.6. The van der Waals surface area contributed by atoms with E-state index in [9.17, 15) is 0 Å². The van der Waals surface area contributed by atoms with E-state index in [0.29, 0.717) is 6.54 Å². The van der Waals surface area contributed by atoms with Crippen molar-refractivity contribution in [2.24, 2.45) is 5.73 Å². The van der Waals surface area contributed by atoms with Gasteiger partial charge in [0.05, 0.1) is 6.54 Å². The summed E-state index contributed by atoms with van der Waals surface area (Å²) in [5, 5.41) is 2.13. The van der Waals surface area contributed by atoms with E-state index >= 15 is 0 Å². The van der Waals surface area contributed by atoms with Gasteiger partial charge in [-0.05, 0) is 26.0 Å². The van der Waals surface area contributed by atoms with Crippen molar-refractivity contribution in [1.82, 2.24) is 4.90 Å². The molecule has 0 aromatic carbocycles. The molecule has 1 saturated carbocycles. The van der Waals surface area contributed by atoms with Gasteiger partial charge in [-0.3, -0.25) is 4.90 Å². The molecule has 0 amide bonds. The highest BCUT2D eigenvalue weighted by Crippen LogP contribution is 2.25. The lowest BCUT2D eigenvalue weighted by Gasteiger charge is -2.23. The zero-order valence-electron chi connectivity index (χ0n) is 10.4. The van der Waals surface area contributed by atoms with E-state index in [1.165, 1.54) is 30.6 Å². The minimum absolute atomic E-state index is 0.438. The molecule has 2 N–H and O–H groups in total. The van der Waals surface area contributed by atoms with Crippen molar-refractivity contribution in [3.63, 3.8) is 0 Å². The molecule has 1 fully saturated rings. The quantitative estimate of drug-likeness (QED) is 0.833. The Balaban J connectivity index is 1.91. The Hall–Kier alpha value is -0.820. The second-order valence-electron chi connectivity index (χ2n) is 4.66. The van der Waals surface area contributed by atoms with Crippen molar-refractivity contribution < 1.29 is 0 Å². The maximum absolute atomic E-state index is 5.37. The molecule has 1 aliphatic carbocycles. The van der Waals surface area contributed by atoms with Gasteiger partial charge in [0.1, 0.15) is 0 Å². The zero-order valence-corrected chi connectivity index (χ0v) is 11.2. The molecule has 0 radical (unpaired) electrons. The van der Waals surface area contributed by atoms with Crippen LogP contribution in [0.1, 0.15) is 36.1 Å². The van der Waals surface area contributed by atoms with Gasteiger partial charge in [0.2, 0.25) is 0 Å². The fourth-order valence-electron chi connectivity index (χ4n) is 2.40. The molecular formula is C14H20N2S. The van der Waals surface area contributed by atoms with Crippen molar-refractivity contribution in [2.45, 2.75) is 38.3 Å². The first-order valence-corrected chi connectivity index (χ1v) is 7.14. The maximum atomic E-state index is 5.37. The summed E-state index contributed by atoms with van der Waals surface area (Å²) >= 11 is 1.80. The normalized spacial score (nSPS) is 16.2. The first-order chi connectivity index (χ1) is 8.29. The van der Waals surface area contributed by atoms with Crippen LogP contribution in [0.3, 0.4) is 0 Å². The standard InChI is InChI=1S/C14H20N2S/c1-16(13-6-2-3-7-13)10-14-9-12(11-17-14)5-4-8-15/h9,11,13H,2-3,6-8,10,15H2,1H3. The Bertz CT molecular complexity index is 407. The average Bonchev–Trinajstić information content (AvgIpc) is 2.97. The van der Waals surface area contributed by atoms with E-state index < -0.39 is 0 Å². The molecule has 0 saturated heterocycles. The van der Waals surface area contributed by atoms with Gasteiger partial charge in [0.15, 0.2) is 0 Å². The van der Waals surface area contributed by atoms with Crippen LogP contribution in [0.25, 0.3) is 0 Å². The molecule has 0 bridgehead atoms. The van der Waals surface area contributed by atoms with Gasteiger partial charge < -0.3 is 5.73 Å². The molecule has 1 aliphatic rings. The monoisotopic (exact) mass is 248 g/mol. The van der Waals surface area contributed by atoms with Crippen molar-refractivity contribution in [3.8, 4) is 11.8 Å². The van der Waals surface area contributed by atoms with Crippen LogP contribution < -0.4 is 5.73 Å². The van der Waals surface area contributed by atoms with Crippen LogP contribution in [0, 0.1) is 11.8 Å². The Labute approximate surface area is 108 Å². The number of hydrogen-bond acceptors (Lipinski definition) is 3. The van der Waals surface area contributed by atoms with E-state index in [1.807, 2.05) is 0 Å². The topological polar surface area (TPSA) is 29.3 Å². The van der Waals surface area contributed by atoms with Crippen LogP contribution in [-0.4, -0.2) is 24.5 Å². The number of nitrogens with zero attached hydrogens (tertiary/aromatic N) is 1. The maximum Gasteiger partial charge on any atom is 0.0555 e. The third-order valence-electron chi connectivity index (χ3n) is 3.34. The van der Waals surface area contributed by atoms with Gasteiger partial charge in [-0.25, -0.2) is 0 Å². The van der Waals surface area contributed by atoms with E-state index in [4.69, 9.17) is 5.73 Å². The Kier molecular flexibility index (Phi) is 4.61. The summed E-state index contributed by atoms with van der Waals surface area (Å²) in [7, 11) is 2.24. The third kappa shape index (κ3) is 3.57. The van der Waals surface area contributed by atoms with Gasteiger partial charge in [0, 0.05) is 28.4 Å². The fourth-order valence-corrected chi connectivity index (χ4v) is 3.28. The van der Waals surface area contributed by atoms with Crippen LogP contribution >= 0.6 is 11.3 Å². The molecule has 0 unspecified atom stereocenters. The second kappa shape index (κ2) is 6.20. The molecule has 0 atom stereocenters. The summed E-state index contributed by atoms with van der Waals surface area (Å²) in [4.78, 5) is 3.89.